The van der Waals surface area contributed by atoms with Gasteiger partial charge in [0.15, 0.2) is 6.10 Å². The fraction of sp³-hybridized carbons (Fsp3) is 0.846. The van der Waals surface area contributed by atoms with Crippen LogP contribution in [0, 0.1) is 0 Å². The lowest BCUT2D eigenvalue weighted by Crippen LogP contribution is -2.51. The average molecular weight is 255 g/mol. The van der Waals surface area contributed by atoms with E-state index in [4.69, 9.17) is 9.84 Å². The Kier molecular flexibility index (Phi) is 3.90. The fourth-order valence-corrected chi connectivity index (χ4v) is 2.69. The number of ether oxygens (including phenoxy) is 1. The van der Waals surface area contributed by atoms with E-state index in [0.717, 1.165) is 12.8 Å². The van der Waals surface area contributed by atoms with Gasteiger partial charge in [0, 0.05) is 12.1 Å². The van der Waals surface area contributed by atoms with Gasteiger partial charge in [-0.05, 0) is 46.0 Å². The molecule has 0 aromatic heterocycles. The van der Waals surface area contributed by atoms with E-state index >= 15 is 0 Å². The van der Waals surface area contributed by atoms with Gasteiger partial charge in [-0.1, -0.05) is 0 Å². The van der Waals surface area contributed by atoms with Crippen LogP contribution in [0.1, 0.15) is 46.0 Å². The first kappa shape index (κ1) is 13.3. The van der Waals surface area contributed by atoms with Gasteiger partial charge in [-0.25, -0.2) is 4.79 Å². The molecule has 1 aliphatic heterocycles. The number of carbonyl (C=O) groups excluding carboxylic acids is 1. The van der Waals surface area contributed by atoms with Crippen molar-refractivity contribution in [3.8, 4) is 0 Å². The maximum atomic E-state index is 12.4. The van der Waals surface area contributed by atoms with Gasteiger partial charge in [-0.2, -0.15) is 0 Å². The quantitative estimate of drug-likeness (QED) is 0.824. The number of hydrogen-bond acceptors (Lipinski definition) is 3. The van der Waals surface area contributed by atoms with E-state index in [0.29, 0.717) is 18.9 Å². The zero-order valence-electron chi connectivity index (χ0n) is 11.0. The highest BCUT2D eigenvalue weighted by atomic mass is 16.5. The van der Waals surface area contributed by atoms with Gasteiger partial charge in [-0.3, -0.25) is 4.79 Å². The minimum absolute atomic E-state index is 0.0292. The molecule has 1 heterocycles. The van der Waals surface area contributed by atoms with Gasteiger partial charge in [0.2, 0.25) is 0 Å². The molecule has 1 amide bonds. The van der Waals surface area contributed by atoms with E-state index in [-0.39, 0.29) is 11.9 Å². The summed E-state index contributed by atoms with van der Waals surface area (Å²) in [6, 6.07) is 0.472. The van der Waals surface area contributed by atoms with Gasteiger partial charge < -0.3 is 14.7 Å². The molecule has 18 heavy (non-hydrogen) atoms. The first-order chi connectivity index (χ1) is 8.50. The molecule has 2 rings (SSSR count). The number of nitrogens with zero attached hydrogens (tertiary/aromatic N) is 1. The summed E-state index contributed by atoms with van der Waals surface area (Å²) in [6.45, 7) is 4.00. The van der Waals surface area contributed by atoms with E-state index in [2.05, 4.69) is 0 Å². The molecule has 0 unspecified atom stereocenters. The number of rotatable bonds is 4. The van der Waals surface area contributed by atoms with E-state index in [1.807, 2.05) is 18.7 Å². The molecule has 0 bridgehead atoms. The largest absolute Gasteiger partial charge is 0.479 e. The second-order valence-corrected chi connectivity index (χ2v) is 5.45. The first-order valence-electron chi connectivity index (χ1n) is 6.71. The Bertz CT molecular complexity index is 338. The van der Waals surface area contributed by atoms with E-state index in [1.54, 1.807) is 0 Å². The molecule has 5 nitrogen and oxygen atoms in total. The summed E-state index contributed by atoms with van der Waals surface area (Å²) in [4.78, 5) is 25.1. The van der Waals surface area contributed by atoms with Crippen LogP contribution in [-0.2, 0) is 14.3 Å². The summed E-state index contributed by atoms with van der Waals surface area (Å²) in [5.74, 6) is -0.997. The molecule has 0 aromatic carbocycles. The monoisotopic (exact) mass is 255 g/mol. The standard InChI is InChI=1S/C13H21NO4/c1-8(2)14(9-4-3-5-9)12(15)10-6-7-11(18-10)13(16)17/h8-11H,3-7H2,1-2H3,(H,16,17)/t10-,11+/m0/s1. The van der Waals surface area contributed by atoms with Gasteiger partial charge >= 0.3 is 5.97 Å². The van der Waals surface area contributed by atoms with Crippen molar-refractivity contribution in [3.63, 3.8) is 0 Å². The van der Waals surface area contributed by atoms with Crippen LogP contribution in [0.2, 0.25) is 0 Å². The van der Waals surface area contributed by atoms with Crippen LogP contribution in [0.4, 0.5) is 0 Å². The SMILES string of the molecule is CC(C)N(C(=O)[C@@H]1CC[C@H](C(=O)O)O1)C1CCC1. The molecule has 1 saturated heterocycles. The molecule has 1 N–H and O–H groups in total. The Labute approximate surface area is 107 Å². The lowest BCUT2D eigenvalue weighted by atomic mass is 9.90. The summed E-state index contributed by atoms with van der Waals surface area (Å²) < 4.78 is 5.34. The van der Waals surface area contributed by atoms with E-state index in [9.17, 15) is 9.59 Å². The maximum Gasteiger partial charge on any atom is 0.332 e. The van der Waals surface area contributed by atoms with Crippen LogP contribution in [-0.4, -0.2) is 46.2 Å². The van der Waals surface area contributed by atoms with Crippen LogP contribution < -0.4 is 0 Å². The van der Waals surface area contributed by atoms with Crippen molar-refractivity contribution in [2.24, 2.45) is 0 Å². The summed E-state index contributed by atoms with van der Waals surface area (Å²) >= 11 is 0. The molecule has 5 heteroatoms. The number of carbonyl (C=O) groups is 2. The zero-order chi connectivity index (χ0) is 13.3. The van der Waals surface area contributed by atoms with Crippen molar-refractivity contribution in [3.05, 3.63) is 0 Å². The smallest absolute Gasteiger partial charge is 0.332 e. The third-order valence-corrected chi connectivity index (χ3v) is 3.85. The van der Waals surface area contributed by atoms with Gasteiger partial charge in [0.25, 0.3) is 5.91 Å². The minimum Gasteiger partial charge on any atom is -0.479 e. The maximum absolute atomic E-state index is 12.4. The Hall–Kier alpha value is -1.10. The van der Waals surface area contributed by atoms with Gasteiger partial charge in [-0.15, -0.1) is 0 Å². The number of carboxylic acid groups (broad SMARTS) is 1. The fourth-order valence-electron chi connectivity index (χ4n) is 2.69. The molecular weight excluding hydrogens is 234 g/mol. The Morgan fingerprint density at radius 3 is 2.17 bits per heavy atom. The molecule has 2 fully saturated rings. The second-order valence-electron chi connectivity index (χ2n) is 5.45. The predicted molar refractivity (Wildman–Crippen MR) is 65.2 cm³/mol. The van der Waals surface area contributed by atoms with Crippen LogP contribution in [0.15, 0.2) is 0 Å². The molecule has 0 radical (unpaired) electrons. The number of carboxylic acids is 1. The van der Waals surface area contributed by atoms with Crippen LogP contribution >= 0.6 is 0 Å². The third-order valence-electron chi connectivity index (χ3n) is 3.85. The number of aliphatic carboxylic acids is 1. The normalized spacial score (nSPS) is 28.2. The summed E-state index contributed by atoms with van der Waals surface area (Å²) in [5, 5.41) is 8.88. The van der Waals surface area contributed by atoms with Gasteiger partial charge in [0.1, 0.15) is 6.10 Å². The molecule has 0 spiro atoms. The Balaban J connectivity index is 1.99. The minimum atomic E-state index is -0.968. The molecule has 1 saturated carbocycles. The third kappa shape index (κ3) is 2.51. The van der Waals surface area contributed by atoms with Crippen molar-refractivity contribution >= 4 is 11.9 Å². The van der Waals surface area contributed by atoms with Crippen molar-refractivity contribution in [2.45, 2.75) is 70.2 Å². The molecule has 0 aromatic rings. The summed E-state index contributed by atoms with van der Waals surface area (Å²) in [5.41, 5.74) is 0. The Morgan fingerprint density at radius 2 is 1.78 bits per heavy atom. The topological polar surface area (TPSA) is 66.8 Å². The van der Waals surface area contributed by atoms with E-state index in [1.165, 1.54) is 6.42 Å². The first-order valence-corrected chi connectivity index (χ1v) is 6.71. The van der Waals surface area contributed by atoms with Crippen LogP contribution in [0.25, 0.3) is 0 Å². The zero-order valence-corrected chi connectivity index (χ0v) is 11.0. The number of hydrogen-bond donors (Lipinski definition) is 1. The highest BCUT2D eigenvalue weighted by Crippen LogP contribution is 2.30. The predicted octanol–water partition coefficient (Wildman–Crippen LogP) is 1.41. The number of amides is 1. The Morgan fingerprint density at radius 1 is 1.17 bits per heavy atom. The summed E-state index contributed by atoms with van der Waals surface area (Å²) in [7, 11) is 0. The van der Waals surface area contributed by atoms with Crippen molar-refractivity contribution in [1.29, 1.82) is 0 Å². The highest BCUT2D eigenvalue weighted by Gasteiger charge is 2.40. The van der Waals surface area contributed by atoms with Gasteiger partial charge in [0.05, 0.1) is 0 Å². The van der Waals surface area contributed by atoms with Crippen molar-refractivity contribution in [1.82, 2.24) is 4.90 Å². The second kappa shape index (κ2) is 5.26. The molecule has 2 aliphatic rings. The highest BCUT2D eigenvalue weighted by molar-refractivity contribution is 5.83. The van der Waals surface area contributed by atoms with E-state index < -0.39 is 18.2 Å². The lowest BCUT2D eigenvalue weighted by molar-refractivity contribution is -0.157. The average Bonchev–Trinajstić information content (AvgIpc) is 2.70. The molecule has 1 aliphatic carbocycles. The molecule has 2 atom stereocenters. The lowest BCUT2D eigenvalue weighted by Gasteiger charge is -2.41. The van der Waals surface area contributed by atoms with Crippen LogP contribution in [0.5, 0.6) is 0 Å². The van der Waals surface area contributed by atoms with Crippen molar-refractivity contribution in [2.75, 3.05) is 0 Å². The summed E-state index contributed by atoms with van der Waals surface area (Å²) in [6.07, 6.45) is 2.86. The molecular formula is C13H21NO4. The van der Waals surface area contributed by atoms with Crippen molar-refractivity contribution < 1.29 is 19.4 Å². The molecule has 102 valence electrons. The van der Waals surface area contributed by atoms with Crippen LogP contribution in [0.3, 0.4) is 0 Å².